The van der Waals surface area contributed by atoms with E-state index in [2.05, 4.69) is 10.1 Å². The molecule has 2 heterocycles. The van der Waals surface area contributed by atoms with Gasteiger partial charge < -0.3 is 4.90 Å². The maximum absolute atomic E-state index is 13.7. The molecule has 2 aromatic heterocycles. The third-order valence-electron chi connectivity index (χ3n) is 5.28. The minimum Gasteiger partial charge on any atom is -0.330 e. The number of benzene rings is 2. The first kappa shape index (κ1) is 21.4. The number of halogens is 1. The van der Waals surface area contributed by atoms with E-state index in [4.69, 9.17) is 0 Å². The van der Waals surface area contributed by atoms with Gasteiger partial charge >= 0.3 is 0 Å². The van der Waals surface area contributed by atoms with Crippen molar-refractivity contribution in [2.75, 3.05) is 0 Å². The molecule has 0 saturated carbocycles. The third kappa shape index (κ3) is 5.27. The molecule has 4 rings (SSSR count). The molecule has 0 spiro atoms. The Balaban J connectivity index is 1.54. The quantitative estimate of drug-likeness (QED) is 0.420. The molecule has 2 aromatic carbocycles. The summed E-state index contributed by atoms with van der Waals surface area (Å²) in [5, 5.41) is 4.50. The van der Waals surface area contributed by atoms with Gasteiger partial charge in [0.1, 0.15) is 5.82 Å². The van der Waals surface area contributed by atoms with Gasteiger partial charge in [0.15, 0.2) is 0 Å². The molecule has 0 N–H and O–H groups in total. The van der Waals surface area contributed by atoms with Crippen molar-refractivity contribution in [3.63, 3.8) is 0 Å². The molecule has 32 heavy (non-hydrogen) atoms. The zero-order valence-electron chi connectivity index (χ0n) is 18.2. The maximum Gasteiger partial charge on any atom is 0.254 e. The second-order valence-electron chi connectivity index (χ2n) is 7.93. The Kier molecular flexibility index (Phi) is 6.40. The Morgan fingerprint density at radius 2 is 1.69 bits per heavy atom. The van der Waals surface area contributed by atoms with Crippen LogP contribution in [0.1, 0.15) is 38.4 Å². The summed E-state index contributed by atoms with van der Waals surface area (Å²) < 4.78 is 15.7. The normalized spacial score (nSPS) is 10.8. The van der Waals surface area contributed by atoms with Crippen LogP contribution in [0, 0.1) is 19.7 Å². The van der Waals surface area contributed by atoms with Crippen molar-refractivity contribution < 1.29 is 9.18 Å². The lowest BCUT2D eigenvalue weighted by molar-refractivity contribution is 0.0729. The number of nitrogens with zero attached hydrogens (tertiary/aromatic N) is 4. The number of carbonyl (C=O) groups is 1. The van der Waals surface area contributed by atoms with Crippen LogP contribution in [0.5, 0.6) is 0 Å². The van der Waals surface area contributed by atoms with E-state index in [9.17, 15) is 9.18 Å². The van der Waals surface area contributed by atoms with Crippen LogP contribution in [0.3, 0.4) is 0 Å². The van der Waals surface area contributed by atoms with Gasteiger partial charge in [0.2, 0.25) is 0 Å². The zero-order chi connectivity index (χ0) is 22.5. The van der Waals surface area contributed by atoms with Crippen LogP contribution in [0.25, 0.3) is 0 Å². The first-order chi connectivity index (χ1) is 15.5. The molecule has 0 aliphatic carbocycles. The number of rotatable bonds is 7. The molecule has 0 atom stereocenters. The van der Waals surface area contributed by atoms with Crippen LogP contribution in [-0.4, -0.2) is 25.6 Å². The monoisotopic (exact) mass is 428 g/mol. The highest BCUT2D eigenvalue weighted by atomic mass is 19.1. The van der Waals surface area contributed by atoms with E-state index in [-0.39, 0.29) is 11.7 Å². The SMILES string of the molecule is Cc1cc(C)n(Cc2ccc(C(=O)N(Cc3cccnc3)Cc3cccc(F)c3)cc2)n1. The number of carbonyl (C=O) groups excluding carboxylic acids is 1. The predicted molar refractivity (Wildman–Crippen MR) is 121 cm³/mol. The number of amides is 1. The van der Waals surface area contributed by atoms with E-state index in [1.54, 1.807) is 23.4 Å². The standard InChI is InChI=1S/C26H25FN4O/c1-19-13-20(2)31(29-19)18-21-8-10-24(11-9-21)26(32)30(17-23-6-4-12-28-15-23)16-22-5-3-7-25(27)14-22/h3-15H,16-18H2,1-2H3. The largest absolute Gasteiger partial charge is 0.330 e. The number of aryl methyl sites for hydroxylation is 2. The van der Waals surface area contributed by atoms with Crippen molar-refractivity contribution in [1.82, 2.24) is 19.7 Å². The van der Waals surface area contributed by atoms with Crippen LogP contribution in [0.4, 0.5) is 4.39 Å². The van der Waals surface area contributed by atoms with Gasteiger partial charge in [-0.25, -0.2) is 4.39 Å². The van der Waals surface area contributed by atoms with E-state index in [0.29, 0.717) is 25.2 Å². The lowest BCUT2D eigenvalue weighted by Crippen LogP contribution is -2.30. The molecule has 5 nitrogen and oxygen atoms in total. The van der Waals surface area contributed by atoms with Crippen molar-refractivity contribution in [3.8, 4) is 0 Å². The molecule has 162 valence electrons. The van der Waals surface area contributed by atoms with Gasteiger partial charge in [-0.1, -0.05) is 30.3 Å². The molecule has 0 saturated heterocycles. The Hall–Kier alpha value is -3.80. The Morgan fingerprint density at radius 1 is 0.938 bits per heavy atom. The van der Waals surface area contributed by atoms with E-state index in [1.807, 2.05) is 67.1 Å². The zero-order valence-corrected chi connectivity index (χ0v) is 18.2. The number of aromatic nitrogens is 3. The van der Waals surface area contributed by atoms with Crippen molar-refractivity contribution in [2.24, 2.45) is 0 Å². The Labute approximate surface area is 187 Å². The summed E-state index contributed by atoms with van der Waals surface area (Å²) in [6, 6.07) is 19.7. The van der Waals surface area contributed by atoms with E-state index in [0.717, 1.165) is 28.1 Å². The van der Waals surface area contributed by atoms with Crippen LogP contribution in [-0.2, 0) is 19.6 Å². The van der Waals surface area contributed by atoms with Crippen LogP contribution in [0.2, 0.25) is 0 Å². The molecule has 0 fully saturated rings. The fraction of sp³-hybridized carbons (Fsp3) is 0.192. The summed E-state index contributed by atoms with van der Waals surface area (Å²) >= 11 is 0. The maximum atomic E-state index is 13.7. The second kappa shape index (κ2) is 9.56. The molecule has 4 aromatic rings. The smallest absolute Gasteiger partial charge is 0.254 e. The van der Waals surface area contributed by atoms with E-state index < -0.39 is 0 Å². The van der Waals surface area contributed by atoms with Crippen LogP contribution >= 0.6 is 0 Å². The minimum absolute atomic E-state index is 0.115. The molecule has 0 bridgehead atoms. The lowest BCUT2D eigenvalue weighted by atomic mass is 10.1. The number of hydrogen-bond donors (Lipinski definition) is 0. The topological polar surface area (TPSA) is 51.0 Å². The van der Waals surface area contributed by atoms with Crippen LogP contribution in [0.15, 0.2) is 79.1 Å². The van der Waals surface area contributed by atoms with Gasteiger partial charge in [-0.15, -0.1) is 0 Å². The van der Waals surface area contributed by atoms with Crippen LogP contribution < -0.4 is 0 Å². The summed E-state index contributed by atoms with van der Waals surface area (Å²) in [6.45, 7) is 5.34. The van der Waals surface area contributed by atoms with Gasteiger partial charge in [-0.3, -0.25) is 14.5 Å². The summed E-state index contributed by atoms with van der Waals surface area (Å²) in [4.78, 5) is 19.2. The fourth-order valence-electron chi connectivity index (χ4n) is 3.71. The lowest BCUT2D eigenvalue weighted by Gasteiger charge is -2.23. The molecule has 6 heteroatoms. The summed E-state index contributed by atoms with van der Waals surface area (Å²) in [6.07, 6.45) is 3.44. The van der Waals surface area contributed by atoms with Gasteiger partial charge in [-0.05, 0) is 66.9 Å². The first-order valence-electron chi connectivity index (χ1n) is 10.5. The average Bonchev–Trinajstić information content (AvgIpc) is 3.10. The van der Waals surface area contributed by atoms with Gasteiger partial charge in [0.05, 0.1) is 12.2 Å². The number of pyridine rings is 1. The van der Waals surface area contributed by atoms with E-state index in [1.165, 1.54) is 12.1 Å². The molecule has 0 unspecified atom stereocenters. The highest BCUT2D eigenvalue weighted by molar-refractivity contribution is 5.94. The van der Waals surface area contributed by atoms with Crippen molar-refractivity contribution in [1.29, 1.82) is 0 Å². The minimum atomic E-state index is -0.315. The highest BCUT2D eigenvalue weighted by Gasteiger charge is 2.17. The second-order valence-corrected chi connectivity index (χ2v) is 7.93. The van der Waals surface area contributed by atoms with Crippen molar-refractivity contribution in [2.45, 2.75) is 33.5 Å². The first-order valence-corrected chi connectivity index (χ1v) is 10.5. The van der Waals surface area contributed by atoms with Crippen molar-refractivity contribution in [3.05, 3.63) is 119 Å². The Bertz CT molecular complexity index is 1200. The molecular formula is C26H25FN4O. The Morgan fingerprint density at radius 3 is 2.34 bits per heavy atom. The molecule has 0 radical (unpaired) electrons. The number of hydrogen-bond acceptors (Lipinski definition) is 3. The fourth-order valence-corrected chi connectivity index (χ4v) is 3.71. The van der Waals surface area contributed by atoms with Gasteiger partial charge in [-0.2, -0.15) is 5.10 Å². The van der Waals surface area contributed by atoms with Gasteiger partial charge in [0.25, 0.3) is 5.91 Å². The summed E-state index contributed by atoms with van der Waals surface area (Å²) in [7, 11) is 0. The summed E-state index contributed by atoms with van der Waals surface area (Å²) in [5.41, 5.74) is 5.39. The molecular weight excluding hydrogens is 403 g/mol. The van der Waals surface area contributed by atoms with Gasteiger partial charge in [0, 0.05) is 36.7 Å². The molecule has 0 aliphatic rings. The third-order valence-corrected chi connectivity index (χ3v) is 5.28. The summed E-state index contributed by atoms with van der Waals surface area (Å²) in [5.74, 6) is -0.430. The molecule has 1 amide bonds. The average molecular weight is 429 g/mol. The highest BCUT2D eigenvalue weighted by Crippen LogP contribution is 2.16. The molecule has 0 aliphatic heterocycles. The predicted octanol–water partition coefficient (Wildman–Crippen LogP) is 4.92. The van der Waals surface area contributed by atoms with Crippen molar-refractivity contribution >= 4 is 5.91 Å². The van der Waals surface area contributed by atoms with E-state index >= 15 is 0 Å².